The van der Waals surface area contributed by atoms with E-state index in [1.54, 1.807) is 6.07 Å². The van der Waals surface area contributed by atoms with Crippen molar-refractivity contribution in [2.24, 2.45) is 0 Å². The number of hydrogen-bond donors (Lipinski definition) is 1. The van der Waals surface area contributed by atoms with E-state index in [0.717, 1.165) is 17.2 Å². The maximum absolute atomic E-state index is 11.4. The third kappa shape index (κ3) is 1.14. The van der Waals surface area contributed by atoms with Gasteiger partial charge in [0.2, 0.25) is 0 Å². The molecule has 0 aliphatic carbocycles. The molecule has 0 saturated heterocycles. The standard InChI is InChI=1S/C11H9NO2/c1-7-3-2-4-9-10(7)8(6-13)5-12-11(9)14/h2-6H,1H3,(H,12,14). The molecule has 3 heteroatoms. The Balaban J connectivity index is 3.07. The Kier molecular flexibility index (Phi) is 1.93. The van der Waals surface area contributed by atoms with Crippen LogP contribution < -0.4 is 5.56 Å². The molecule has 14 heavy (non-hydrogen) atoms. The van der Waals surface area contributed by atoms with Crippen molar-refractivity contribution in [3.63, 3.8) is 0 Å². The maximum atomic E-state index is 11.4. The van der Waals surface area contributed by atoms with Gasteiger partial charge in [0, 0.05) is 22.5 Å². The molecule has 0 spiro atoms. The first-order valence-corrected chi connectivity index (χ1v) is 4.30. The molecular formula is C11H9NO2. The highest BCUT2D eigenvalue weighted by molar-refractivity contribution is 5.99. The minimum absolute atomic E-state index is 0.158. The topological polar surface area (TPSA) is 49.9 Å². The summed E-state index contributed by atoms with van der Waals surface area (Å²) in [6.07, 6.45) is 2.20. The van der Waals surface area contributed by atoms with E-state index in [9.17, 15) is 9.59 Å². The Morgan fingerprint density at radius 3 is 2.86 bits per heavy atom. The van der Waals surface area contributed by atoms with Crippen molar-refractivity contribution >= 4 is 17.1 Å². The molecule has 1 aromatic heterocycles. The van der Waals surface area contributed by atoms with E-state index in [-0.39, 0.29) is 5.56 Å². The first-order chi connectivity index (χ1) is 6.74. The van der Waals surface area contributed by atoms with E-state index in [2.05, 4.69) is 4.98 Å². The summed E-state index contributed by atoms with van der Waals surface area (Å²) in [7, 11) is 0. The molecule has 2 rings (SSSR count). The van der Waals surface area contributed by atoms with Crippen LogP contribution in [0.1, 0.15) is 15.9 Å². The highest BCUT2D eigenvalue weighted by Crippen LogP contribution is 2.17. The fourth-order valence-corrected chi connectivity index (χ4v) is 1.63. The van der Waals surface area contributed by atoms with E-state index in [1.807, 2.05) is 19.1 Å². The molecule has 0 radical (unpaired) electrons. The third-order valence-electron chi connectivity index (χ3n) is 2.29. The van der Waals surface area contributed by atoms with E-state index in [4.69, 9.17) is 0 Å². The summed E-state index contributed by atoms with van der Waals surface area (Å²) in [5, 5.41) is 1.31. The molecule has 0 unspecified atom stereocenters. The van der Waals surface area contributed by atoms with Crippen LogP contribution >= 0.6 is 0 Å². The molecule has 0 aliphatic heterocycles. The molecule has 0 fully saturated rings. The van der Waals surface area contributed by atoms with E-state index < -0.39 is 0 Å². The smallest absolute Gasteiger partial charge is 0.255 e. The number of aromatic nitrogens is 1. The average molecular weight is 187 g/mol. The Morgan fingerprint density at radius 1 is 1.36 bits per heavy atom. The van der Waals surface area contributed by atoms with Crippen molar-refractivity contribution in [2.75, 3.05) is 0 Å². The van der Waals surface area contributed by atoms with Crippen LogP contribution in [-0.2, 0) is 0 Å². The van der Waals surface area contributed by atoms with Crippen molar-refractivity contribution in [2.45, 2.75) is 6.92 Å². The zero-order valence-corrected chi connectivity index (χ0v) is 7.70. The van der Waals surface area contributed by atoms with Gasteiger partial charge in [-0.2, -0.15) is 0 Å². The molecule has 1 N–H and O–H groups in total. The second-order valence-corrected chi connectivity index (χ2v) is 3.19. The van der Waals surface area contributed by atoms with Crippen molar-refractivity contribution < 1.29 is 4.79 Å². The van der Waals surface area contributed by atoms with Crippen LogP contribution in [-0.4, -0.2) is 11.3 Å². The van der Waals surface area contributed by atoms with Gasteiger partial charge < -0.3 is 4.98 Å². The summed E-state index contributed by atoms with van der Waals surface area (Å²) in [4.78, 5) is 24.7. The van der Waals surface area contributed by atoms with Crippen molar-refractivity contribution in [1.82, 2.24) is 4.98 Å². The fourth-order valence-electron chi connectivity index (χ4n) is 1.63. The molecule has 70 valence electrons. The number of aryl methyl sites for hydroxylation is 1. The van der Waals surface area contributed by atoms with Gasteiger partial charge in [-0.05, 0) is 18.6 Å². The number of carbonyl (C=O) groups is 1. The number of H-pyrrole nitrogens is 1. The second kappa shape index (κ2) is 3.10. The lowest BCUT2D eigenvalue weighted by Crippen LogP contribution is -2.07. The largest absolute Gasteiger partial charge is 0.328 e. The predicted octanol–water partition coefficient (Wildman–Crippen LogP) is 1.65. The summed E-state index contributed by atoms with van der Waals surface area (Å²) < 4.78 is 0. The van der Waals surface area contributed by atoms with Crippen molar-refractivity contribution in [1.29, 1.82) is 0 Å². The van der Waals surface area contributed by atoms with E-state index in [0.29, 0.717) is 10.9 Å². The van der Waals surface area contributed by atoms with Crippen LogP contribution in [0, 0.1) is 6.92 Å². The van der Waals surface area contributed by atoms with Gasteiger partial charge in [-0.15, -0.1) is 0 Å². The van der Waals surface area contributed by atoms with Gasteiger partial charge in [0.15, 0.2) is 6.29 Å². The SMILES string of the molecule is Cc1cccc2c(=O)[nH]cc(C=O)c12. The maximum Gasteiger partial charge on any atom is 0.255 e. The number of rotatable bonds is 1. The fraction of sp³-hybridized carbons (Fsp3) is 0.0909. The minimum Gasteiger partial charge on any atom is -0.328 e. The number of hydrogen-bond acceptors (Lipinski definition) is 2. The van der Waals surface area contributed by atoms with E-state index >= 15 is 0 Å². The number of fused-ring (bicyclic) bond motifs is 1. The molecule has 1 heterocycles. The molecule has 0 atom stereocenters. The first kappa shape index (κ1) is 8.69. The molecule has 3 nitrogen and oxygen atoms in total. The zero-order chi connectivity index (χ0) is 10.1. The lowest BCUT2D eigenvalue weighted by Gasteiger charge is -2.02. The van der Waals surface area contributed by atoms with Gasteiger partial charge in [-0.25, -0.2) is 0 Å². The minimum atomic E-state index is -0.158. The average Bonchev–Trinajstić information content (AvgIpc) is 2.20. The number of carbonyl (C=O) groups excluding carboxylic acids is 1. The van der Waals surface area contributed by atoms with Gasteiger partial charge in [-0.3, -0.25) is 9.59 Å². The Labute approximate surface area is 80.4 Å². The van der Waals surface area contributed by atoms with Crippen LogP contribution in [0.15, 0.2) is 29.2 Å². The normalized spacial score (nSPS) is 10.4. The quantitative estimate of drug-likeness (QED) is 0.690. The van der Waals surface area contributed by atoms with E-state index in [1.165, 1.54) is 6.20 Å². The summed E-state index contributed by atoms with van der Waals surface area (Å²) in [5.41, 5.74) is 1.31. The summed E-state index contributed by atoms with van der Waals surface area (Å²) >= 11 is 0. The van der Waals surface area contributed by atoms with Crippen LogP contribution in [0.2, 0.25) is 0 Å². The molecule has 0 aliphatic rings. The molecule has 0 amide bonds. The number of nitrogens with one attached hydrogen (secondary N) is 1. The summed E-state index contributed by atoms with van der Waals surface area (Å²) in [6, 6.07) is 5.41. The first-order valence-electron chi connectivity index (χ1n) is 4.30. The molecule has 1 aromatic carbocycles. The lowest BCUT2D eigenvalue weighted by atomic mass is 10.0. The monoisotopic (exact) mass is 187 g/mol. The number of aromatic amines is 1. The zero-order valence-electron chi connectivity index (χ0n) is 7.70. The van der Waals surface area contributed by atoms with Crippen molar-refractivity contribution in [3.05, 3.63) is 45.9 Å². The van der Waals surface area contributed by atoms with Crippen LogP contribution in [0.5, 0.6) is 0 Å². The second-order valence-electron chi connectivity index (χ2n) is 3.19. The number of aldehydes is 1. The highest BCUT2D eigenvalue weighted by Gasteiger charge is 2.05. The Morgan fingerprint density at radius 2 is 2.14 bits per heavy atom. The van der Waals surface area contributed by atoms with Crippen LogP contribution in [0.25, 0.3) is 10.8 Å². The Hall–Kier alpha value is -1.90. The molecule has 2 aromatic rings. The van der Waals surface area contributed by atoms with Gasteiger partial charge >= 0.3 is 0 Å². The number of benzene rings is 1. The molecule has 0 bridgehead atoms. The summed E-state index contributed by atoms with van der Waals surface area (Å²) in [6.45, 7) is 1.88. The highest BCUT2D eigenvalue weighted by atomic mass is 16.1. The van der Waals surface area contributed by atoms with Gasteiger partial charge in [-0.1, -0.05) is 12.1 Å². The molecule has 0 saturated carbocycles. The predicted molar refractivity (Wildman–Crippen MR) is 54.7 cm³/mol. The third-order valence-corrected chi connectivity index (χ3v) is 2.29. The lowest BCUT2D eigenvalue weighted by molar-refractivity contribution is 0.112. The van der Waals surface area contributed by atoms with Gasteiger partial charge in [0.25, 0.3) is 5.56 Å². The van der Waals surface area contributed by atoms with Gasteiger partial charge in [0.05, 0.1) is 0 Å². The number of pyridine rings is 1. The van der Waals surface area contributed by atoms with Gasteiger partial charge in [0.1, 0.15) is 0 Å². The Bertz CT molecular complexity index is 555. The van der Waals surface area contributed by atoms with Crippen LogP contribution in [0.4, 0.5) is 0 Å². The molecular weight excluding hydrogens is 178 g/mol. The van der Waals surface area contributed by atoms with Crippen molar-refractivity contribution in [3.8, 4) is 0 Å². The van der Waals surface area contributed by atoms with Crippen LogP contribution in [0.3, 0.4) is 0 Å². The summed E-state index contributed by atoms with van der Waals surface area (Å²) in [5.74, 6) is 0.